The molecule has 3 aromatic heterocycles. The van der Waals surface area contributed by atoms with Gasteiger partial charge in [0.15, 0.2) is 0 Å². The number of hydrogen-bond acceptors (Lipinski definition) is 3. The summed E-state index contributed by atoms with van der Waals surface area (Å²) in [4.78, 5) is 19.8. The van der Waals surface area contributed by atoms with Crippen LogP contribution in [0, 0.1) is 0 Å². The van der Waals surface area contributed by atoms with Crippen molar-refractivity contribution in [3.8, 4) is 22.8 Å². The smallest absolute Gasteiger partial charge is 0.266 e. The summed E-state index contributed by atoms with van der Waals surface area (Å²) in [6.07, 6.45) is 0. The van der Waals surface area contributed by atoms with Crippen molar-refractivity contribution in [3.63, 3.8) is 0 Å². The molecule has 6 aromatic carbocycles. The third kappa shape index (κ3) is 3.39. The molecular weight excluding hydrogens is 530 g/mol. The van der Waals surface area contributed by atoms with E-state index in [0.29, 0.717) is 16.7 Å². The monoisotopic (exact) mass is 553 g/mol. The van der Waals surface area contributed by atoms with Gasteiger partial charge in [-0.2, -0.15) is 0 Å². The van der Waals surface area contributed by atoms with Crippen molar-refractivity contribution in [2.45, 2.75) is 0 Å². The first kappa shape index (κ1) is 23.7. The Morgan fingerprint density at radius 1 is 0.512 bits per heavy atom. The van der Waals surface area contributed by atoms with Crippen LogP contribution >= 0.6 is 0 Å². The summed E-state index contributed by atoms with van der Waals surface area (Å²) in [6.45, 7) is 0. The molecule has 0 fully saturated rings. The first-order valence-corrected chi connectivity index (χ1v) is 14.3. The van der Waals surface area contributed by atoms with Gasteiger partial charge in [-0.25, -0.2) is 4.98 Å². The minimum atomic E-state index is -0.116. The molecule has 0 spiro atoms. The van der Waals surface area contributed by atoms with E-state index in [2.05, 4.69) is 53.1 Å². The van der Waals surface area contributed by atoms with E-state index in [4.69, 9.17) is 9.40 Å². The Hall–Kier alpha value is -5.94. The molecule has 5 heteroatoms. The molecule has 0 aliphatic heterocycles. The van der Waals surface area contributed by atoms with Crippen LogP contribution in [0.5, 0.6) is 0 Å². The fraction of sp³-hybridized carbons (Fsp3) is 0. The molecule has 0 saturated heterocycles. The lowest BCUT2D eigenvalue weighted by Gasteiger charge is -2.16. The second-order valence-corrected chi connectivity index (χ2v) is 10.7. The van der Waals surface area contributed by atoms with Gasteiger partial charge in [0.05, 0.1) is 27.6 Å². The molecule has 43 heavy (non-hydrogen) atoms. The van der Waals surface area contributed by atoms with E-state index in [1.54, 1.807) is 4.57 Å². The number of aromatic nitrogens is 3. The molecule has 0 N–H and O–H groups in total. The average Bonchev–Trinajstić information content (AvgIpc) is 3.61. The molecule has 0 bridgehead atoms. The molecule has 0 radical (unpaired) electrons. The van der Waals surface area contributed by atoms with Crippen LogP contribution in [0.1, 0.15) is 0 Å². The van der Waals surface area contributed by atoms with Crippen LogP contribution in [0.4, 0.5) is 0 Å². The fourth-order valence-corrected chi connectivity index (χ4v) is 6.54. The molecule has 9 aromatic rings. The first-order chi connectivity index (χ1) is 21.3. The molecule has 0 unspecified atom stereocenters. The highest BCUT2D eigenvalue weighted by Crippen LogP contribution is 2.39. The molecule has 0 atom stereocenters. The normalized spacial score (nSPS) is 11.8. The Labute approximate surface area is 245 Å². The van der Waals surface area contributed by atoms with Crippen LogP contribution in [0.2, 0.25) is 0 Å². The molecule has 9 rings (SSSR count). The predicted molar refractivity (Wildman–Crippen MR) is 174 cm³/mol. The number of fused-ring (bicyclic) bond motifs is 7. The Bertz CT molecular complexity index is 2590. The lowest BCUT2D eigenvalue weighted by atomic mass is 10.0. The van der Waals surface area contributed by atoms with E-state index in [1.807, 2.05) is 91.0 Å². The van der Waals surface area contributed by atoms with Gasteiger partial charge in [-0.3, -0.25) is 9.36 Å². The summed E-state index contributed by atoms with van der Waals surface area (Å²) < 4.78 is 10.3. The predicted octanol–water partition coefficient (Wildman–Crippen LogP) is 9.05. The van der Waals surface area contributed by atoms with Gasteiger partial charge in [0.2, 0.25) is 0 Å². The molecule has 202 valence electrons. The summed E-state index contributed by atoms with van der Waals surface area (Å²) in [7, 11) is 0. The van der Waals surface area contributed by atoms with Crippen LogP contribution in [0.15, 0.2) is 149 Å². The minimum absolute atomic E-state index is 0.116. The summed E-state index contributed by atoms with van der Waals surface area (Å²) in [6, 6.07) is 46.4. The topological polar surface area (TPSA) is 53.0 Å². The zero-order valence-electron chi connectivity index (χ0n) is 22.9. The Morgan fingerprint density at radius 3 is 2.07 bits per heavy atom. The van der Waals surface area contributed by atoms with Gasteiger partial charge in [0, 0.05) is 32.8 Å². The highest BCUT2D eigenvalue weighted by Gasteiger charge is 2.23. The van der Waals surface area contributed by atoms with E-state index in [-0.39, 0.29) is 5.56 Å². The Morgan fingerprint density at radius 2 is 1.19 bits per heavy atom. The van der Waals surface area contributed by atoms with E-state index >= 15 is 0 Å². The van der Waals surface area contributed by atoms with Crippen LogP contribution in [-0.4, -0.2) is 14.1 Å². The van der Waals surface area contributed by atoms with Crippen LogP contribution < -0.4 is 5.56 Å². The average molecular weight is 554 g/mol. The lowest BCUT2D eigenvalue weighted by Crippen LogP contribution is -2.22. The number of para-hydroxylation sites is 4. The van der Waals surface area contributed by atoms with E-state index in [1.165, 1.54) is 0 Å². The maximum absolute atomic E-state index is 14.6. The van der Waals surface area contributed by atoms with Crippen LogP contribution in [-0.2, 0) is 0 Å². The standard InChI is InChI=1S/C38H23N3O2/c42-38-25-14-4-7-18-29(25)39-37(28-17-10-23-34-35(28)27-16-6-9-22-33(27)43-34)41(38)32-21-11-20-31-36(32)26-15-5-8-19-30(26)40(31)24-12-2-1-3-13-24/h1-23H. The number of rotatable bonds is 3. The Balaban J connectivity index is 1.47. The van der Waals surface area contributed by atoms with Gasteiger partial charge in [-0.05, 0) is 54.6 Å². The van der Waals surface area contributed by atoms with Crippen molar-refractivity contribution in [1.29, 1.82) is 0 Å². The lowest BCUT2D eigenvalue weighted by molar-refractivity contribution is 0.669. The van der Waals surface area contributed by atoms with Gasteiger partial charge < -0.3 is 8.98 Å². The quantitative estimate of drug-likeness (QED) is 0.219. The zero-order chi connectivity index (χ0) is 28.5. The SMILES string of the molecule is O=c1c2ccccc2nc(-c2cccc3oc4ccccc4c23)n1-c1cccc2c1c1ccccc1n2-c1ccccc1. The zero-order valence-corrected chi connectivity index (χ0v) is 22.9. The van der Waals surface area contributed by atoms with Crippen LogP contribution in [0.3, 0.4) is 0 Å². The van der Waals surface area contributed by atoms with E-state index in [9.17, 15) is 4.79 Å². The van der Waals surface area contributed by atoms with Gasteiger partial charge in [0.1, 0.15) is 17.0 Å². The molecule has 0 aliphatic rings. The summed E-state index contributed by atoms with van der Waals surface area (Å²) in [5.41, 5.74) is 6.87. The summed E-state index contributed by atoms with van der Waals surface area (Å²) >= 11 is 0. The molecule has 3 heterocycles. The second kappa shape index (κ2) is 9.03. The molecule has 5 nitrogen and oxygen atoms in total. The van der Waals surface area contributed by atoms with Gasteiger partial charge >= 0.3 is 0 Å². The number of hydrogen-bond donors (Lipinski definition) is 0. The van der Waals surface area contributed by atoms with Gasteiger partial charge in [0.25, 0.3) is 5.56 Å². The number of benzene rings is 6. The summed E-state index contributed by atoms with van der Waals surface area (Å²) in [5.74, 6) is 0.574. The third-order valence-electron chi connectivity index (χ3n) is 8.35. The fourth-order valence-electron chi connectivity index (χ4n) is 6.54. The molecule has 0 amide bonds. The Kier molecular flexibility index (Phi) is 4.98. The van der Waals surface area contributed by atoms with Crippen molar-refractivity contribution in [2.75, 3.05) is 0 Å². The molecular formula is C38H23N3O2. The van der Waals surface area contributed by atoms with E-state index in [0.717, 1.165) is 60.7 Å². The largest absolute Gasteiger partial charge is 0.456 e. The first-order valence-electron chi connectivity index (χ1n) is 14.3. The minimum Gasteiger partial charge on any atom is -0.456 e. The third-order valence-corrected chi connectivity index (χ3v) is 8.35. The van der Waals surface area contributed by atoms with Crippen molar-refractivity contribution in [1.82, 2.24) is 14.1 Å². The van der Waals surface area contributed by atoms with Crippen molar-refractivity contribution < 1.29 is 4.42 Å². The van der Waals surface area contributed by atoms with Crippen molar-refractivity contribution in [2.24, 2.45) is 0 Å². The maximum Gasteiger partial charge on any atom is 0.266 e. The highest BCUT2D eigenvalue weighted by atomic mass is 16.3. The summed E-state index contributed by atoms with van der Waals surface area (Å²) in [5, 5.41) is 4.55. The van der Waals surface area contributed by atoms with Crippen molar-refractivity contribution in [3.05, 3.63) is 150 Å². The molecule has 0 aliphatic carbocycles. The van der Waals surface area contributed by atoms with Crippen LogP contribution in [0.25, 0.3) is 77.4 Å². The maximum atomic E-state index is 14.6. The second-order valence-electron chi connectivity index (χ2n) is 10.7. The van der Waals surface area contributed by atoms with E-state index < -0.39 is 0 Å². The van der Waals surface area contributed by atoms with Gasteiger partial charge in [-0.1, -0.05) is 84.9 Å². The number of furan rings is 1. The molecule has 0 saturated carbocycles. The van der Waals surface area contributed by atoms with Gasteiger partial charge in [-0.15, -0.1) is 0 Å². The van der Waals surface area contributed by atoms with Crippen molar-refractivity contribution >= 4 is 54.6 Å². The number of nitrogens with zero attached hydrogens (tertiary/aromatic N) is 3. The highest BCUT2D eigenvalue weighted by molar-refractivity contribution is 6.15.